The van der Waals surface area contributed by atoms with E-state index in [1.54, 1.807) is 0 Å². The quantitative estimate of drug-likeness (QED) is 0.796. The molecule has 0 amide bonds. The van der Waals surface area contributed by atoms with Gasteiger partial charge in [0.2, 0.25) is 5.95 Å². The Morgan fingerprint density at radius 3 is 2.80 bits per heavy atom. The van der Waals surface area contributed by atoms with E-state index in [-0.39, 0.29) is 0 Å². The van der Waals surface area contributed by atoms with Crippen molar-refractivity contribution in [2.45, 2.75) is 32.4 Å². The number of aryl methyl sites for hydroxylation is 1. The van der Waals surface area contributed by atoms with E-state index in [9.17, 15) is 0 Å². The SMILES string of the molecule is Cc1c(CNC2CCCN(c3ncccn3)C2)c2ccccc2n1C. The standard InChI is InChI=1S/C20H25N5/c1-15-18(17-8-3-4-9-19(17)24(15)2)13-23-16-7-5-12-25(14-16)20-21-10-6-11-22-20/h3-4,6,8-11,16,23H,5,7,12-14H2,1-2H3. The molecule has 4 rings (SSSR count). The molecule has 130 valence electrons. The number of nitrogens with one attached hydrogen (secondary N) is 1. The van der Waals surface area contributed by atoms with Gasteiger partial charge < -0.3 is 14.8 Å². The highest BCUT2D eigenvalue weighted by molar-refractivity contribution is 5.85. The second kappa shape index (κ2) is 6.84. The zero-order valence-electron chi connectivity index (χ0n) is 14.9. The molecule has 0 saturated carbocycles. The summed E-state index contributed by atoms with van der Waals surface area (Å²) >= 11 is 0. The molecule has 5 nitrogen and oxygen atoms in total. The Balaban J connectivity index is 1.48. The van der Waals surface area contributed by atoms with Crippen LogP contribution in [0.25, 0.3) is 10.9 Å². The first-order valence-electron chi connectivity index (χ1n) is 9.02. The maximum atomic E-state index is 4.40. The van der Waals surface area contributed by atoms with Gasteiger partial charge >= 0.3 is 0 Å². The fraction of sp³-hybridized carbons (Fsp3) is 0.400. The van der Waals surface area contributed by atoms with Crippen LogP contribution in [0.4, 0.5) is 5.95 Å². The number of para-hydroxylation sites is 1. The van der Waals surface area contributed by atoms with Gasteiger partial charge in [-0.2, -0.15) is 0 Å². The van der Waals surface area contributed by atoms with Crippen LogP contribution in [0.3, 0.4) is 0 Å². The van der Waals surface area contributed by atoms with Gasteiger partial charge in [0.05, 0.1) is 0 Å². The van der Waals surface area contributed by atoms with Crippen molar-refractivity contribution >= 4 is 16.9 Å². The third-order valence-corrected chi connectivity index (χ3v) is 5.35. The molecule has 1 aromatic carbocycles. The summed E-state index contributed by atoms with van der Waals surface area (Å²) in [5.41, 5.74) is 4.05. The summed E-state index contributed by atoms with van der Waals surface area (Å²) in [6, 6.07) is 11.0. The summed E-state index contributed by atoms with van der Waals surface area (Å²) in [6.07, 6.45) is 6.01. The van der Waals surface area contributed by atoms with E-state index in [0.717, 1.165) is 25.6 Å². The number of hydrogen-bond acceptors (Lipinski definition) is 4. The maximum Gasteiger partial charge on any atom is 0.225 e. The molecule has 3 heterocycles. The van der Waals surface area contributed by atoms with E-state index in [0.29, 0.717) is 6.04 Å². The molecule has 1 atom stereocenters. The Kier molecular flexibility index (Phi) is 4.40. The first-order chi connectivity index (χ1) is 12.2. The number of nitrogens with zero attached hydrogens (tertiary/aromatic N) is 4. The summed E-state index contributed by atoms with van der Waals surface area (Å²) in [5.74, 6) is 0.843. The predicted molar refractivity (Wildman–Crippen MR) is 102 cm³/mol. The predicted octanol–water partition coefficient (Wildman–Crippen LogP) is 3.04. The molecular formula is C20H25N5. The molecule has 1 N–H and O–H groups in total. The summed E-state index contributed by atoms with van der Waals surface area (Å²) < 4.78 is 2.29. The van der Waals surface area contributed by atoms with Crippen LogP contribution in [0, 0.1) is 6.92 Å². The third kappa shape index (κ3) is 3.12. The van der Waals surface area contributed by atoms with Crippen LogP contribution in [0.15, 0.2) is 42.7 Å². The highest BCUT2D eigenvalue weighted by Gasteiger charge is 2.22. The average molecular weight is 335 g/mol. The second-order valence-electron chi connectivity index (χ2n) is 6.85. The summed E-state index contributed by atoms with van der Waals surface area (Å²) in [5, 5.41) is 5.13. The molecule has 0 radical (unpaired) electrons. The number of piperidine rings is 1. The van der Waals surface area contributed by atoms with Gasteiger partial charge in [-0.3, -0.25) is 0 Å². The molecule has 0 spiro atoms. The van der Waals surface area contributed by atoms with Crippen LogP contribution in [0.5, 0.6) is 0 Å². The minimum atomic E-state index is 0.468. The number of rotatable bonds is 4. The molecule has 1 saturated heterocycles. The normalized spacial score (nSPS) is 18.0. The van der Waals surface area contributed by atoms with Gasteiger partial charge in [0.25, 0.3) is 0 Å². The number of fused-ring (bicyclic) bond motifs is 1. The van der Waals surface area contributed by atoms with Crippen LogP contribution in [0.2, 0.25) is 0 Å². The highest BCUT2D eigenvalue weighted by atomic mass is 15.3. The van der Waals surface area contributed by atoms with Crippen LogP contribution in [-0.4, -0.2) is 33.7 Å². The van der Waals surface area contributed by atoms with E-state index in [1.165, 1.54) is 35.0 Å². The summed E-state index contributed by atoms with van der Waals surface area (Å²) in [6.45, 7) is 5.12. The fourth-order valence-corrected chi connectivity index (χ4v) is 3.85. The van der Waals surface area contributed by atoms with Crippen LogP contribution >= 0.6 is 0 Å². The van der Waals surface area contributed by atoms with Gasteiger partial charge in [0.15, 0.2) is 0 Å². The van der Waals surface area contributed by atoms with Crippen molar-refractivity contribution in [2.75, 3.05) is 18.0 Å². The highest BCUT2D eigenvalue weighted by Crippen LogP contribution is 2.25. The van der Waals surface area contributed by atoms with Crippen LogP contribution < -0.4 is 10.2 Å². The van der Waals surface area contributed by atoms with Crippen LogP contribution in [-0.2, 0) is 13.6 Å². The lowest BCUT2D eigenvalue weighted by Gasteiger charge is -2.33. The van der Waals surface area contributed by atoms with Crippen molar-refractivity contribution in [1.82, 2.24) is 19.9 Å². The monoisotopic (exact) mass is 335 g/mol. The number of hydrogen-bond donors (Lipinski definition) is 1. The molecule has 1 aliphatic rings. The van der Waals surface area contributed by atoms with E-state index in [2.05, 4.69) is 63.0 Å². The zero-order valence-corrected chi connectivity index (χ0v) is 14.9. The van der Waals surface area contributed by atoms with Gasteiger partial charge in [-0.1, -0.05) is 18.2 Å². The molecule has 0 bridgehead atoms. The number of aromatic nitrogens is 3. The molecule has 1 aliphatic heterocycles. The van der Waals surface area contributed by atoms with Crippen molar-refractivity contribution in [1.29, 1.82) is 0 Å². The lowest BCUT2D eigenvalue weighted by atomic mass is 10.0. The van der Waals surface area contributed by atoms with Crippen molar-refractivity contribution < 1.29 is 0 Å². The molecule has 1 fully saturated rings. The van der Waals surface area contributed by atoms with Crippen molar-refractivity contribution in [3.05, 3.63) is 54.0 Å². The summed E-state index contributed by atoms with van der Waals surface area (Å²) in [4.78, 5) is 11.1. The Labute approximate surface area is 148 Å². The minimum Gasteiger partial charge on any atom is -0.348 e. The molecule has 5 heteroatoms. The molecule has 25 heavy (non-hydrogen) atoms. The Morgan fingerprint density at radius 2 is 1.96 bits per heavy atom. The summed E-state index contributed by atoms with van der Waals surface area (Å²) in [7, 11) is 2.15. The van der Waals surface area contributed by atoms with E-state index in [1.807, 2.05) is 18.5 Å². The van der Waals surface area contributed by atoms with E-state index in [4.69, 9.17) is 0 Å². The zero-order chi connectivity index (χ0) is 17.2. The molecule has 3 aromatic rings. The molecule has 1 unspecified atom stereocenters. The largest absolute Gasteiger partial charge is 0.348 e. The Hall–Kier alpha value is -2.40. The van der Waals surface area contributed by atoms with E-state index < -0.39 is 0 Å². The first-order valence-corrected chi connectivity index (χ1v) is 9.02. The number of benzene rings is 1. The fourth-order valence-electron chi connectivity index (χ4n) is 3.85. The van der Waals surface area contributed by atoms with Crippen LogP contribution in [0.1, 0.15) is 24.1 Å². The minimum absolute atomic E-state index is 0.468. The van der Waals surface area contributed by atoms with Gasteiger partial charge in [0, 0.05) is 61.7 Å². The molecular weight excluding hydrogens is 310 g/mol. The van der Waals surface area contributed by atoms with E-state index >= 15 is 0 Å². The number of anilines is 1. The third-order valence-electron chi connectivity index (χ3n) is 5.35. The van der Waals surface area contributed by atoms with Gasteiger partial charge in [-0.25, -0.2) is 9.97 Å². The van der Waals surface area contributed by atoms with Crippen molar-refractivity contribution in [3.8, 4) is 0 Å². The van der Waals surface area contributed by atoms with Gasteiger partial charge in [-0.15, -0.1) is 0 Å². The average Bonchev–Trinajstić information content (AvgIpc) is 2.92. The topological polar surface area (TPSA) is 46.0 Å². The lowest BCUT2D eigenvalue weighted by molar-refractivity contribution is 0.418. The molecule has 0 aliphatic carbocycles. The Morgan fingerprint density at radius 1 is 1.16 bits per heavy atom. The smallest absolute Gasteiger partial charge is 0.225 e. The lowest BCUT2D eigenvalue weighted by Crippen LogP contribution is -2.46. The van der Waals surface area contributed by atoms with Gasteiger partial charge in [0.1, 0.15) is 0 Å². The Bertz CT molecular complexity index is 855. The van der Waals surface area contributed by atoms with Gasteiger partial charge in [-0.05, 0) is 37.5 Å². The van der Waals surface area contributed by atoms with Crippen molar-refractivity contribution in [3.63, 3.8) is 0 Å². The second-order valence-corrected chi connectivity index (χ2v) is 6.85. The first kappa shape index (κ1) is 16.1. The maximum absolute atomic E-state index is 4.40. The van der Waals surface area contributed by atoms with Crippen molar-refractivity contribution in [2.24, 2.45) is 7.05 Å². The molecule has 2 aromatic heterocycles.